The number of sulfonamides is 1. The van der Waals surface area contributed by atoms with Gasteiger partial charge in [-0.1, -0.05) is 0 Å². The fraction of sp³-hybridized carbons (Fsp3) is 0.600. The van der Waals surface area contributed by atoms with Crippen LogP contribution in [0.1, 0.15) is 32.4 Å². The number of hydrogen-bond acceptors (Lipinski definition) is 5. The van der Waals surface area contributed by atoms with E-state index < -0.39 is 15.6 Å². The van der Waals surface area contributed by atoms with Crippen molar-refractivity contribution in [2.24, 2.45) is 0 Å². The predicted octanol–water partition coefficient (Wildman–Crippen LogP) is 0.608. The van der Waals surface area contributed by atoms with Crippen molar-refractivity contribution in [1.82, 2.24) is 9.97 Å². The minimum absolute atomic E-state index is 0.150. The van der Waals surface area contributed by atoms with Gasteiger partial charge in [0.05, 0.1) is 23.3 Å². The molecule has 0 radical (unpaired) electrons. The second-order valence-electron chi connectivity index (χ2n) is 4.70. The molecule has 0 bridgehead atoms. The zero-order valence-electron chi connectivity index (χ0n) is 9.71. The predicted molar refractivity (Wildman–Crippen MR) is 62.8 cm³/mol. The second kappa shape index (κ2) is 3.92. The zero-order chi connectivity index (χ0) is 12.7. The molecule has 7 heteroatoms. The fourth-order valence-corrected chi connectivity index (χ4v) is 2.63. The van der Waals surface area contributed by atoms with Gasteiger partial charge in [-0.2, -0.15) is 0 Å². The van der Waals surface area contributed by atoms with E-state index in [9.17, 15) is 13.5 Å². The number of nitrogens with one attached hydrogen (secondary N) is 1. The number of hydrogen-bond donors (Lipinski definition) is 2. The van der Waals surface area contributed by atoms with Gasteiger partial charge in [0.2, 0.25) is 10.0 Å². The van der Waals surface area contributed by atoms with Crippen LogP contribution in [-0.4, -0.2) is 28.7 Å². The van der Waals surface area contributed by atoms with Crippen molar-refractivity contribution in [3.8, 4) is 0 Å². The molecule has 0 amide bonds. The van der Waals surface area contributed by atoms with E-state index in [0.29, 0.717) is 18.5 Å². The van der Waals surface area contributed by atoms with E-state index >= 15 is 0 Å². The molecule has 1 aliphatic carbocycles. The number of anilines is 1. The van der Waals surface area contributed by atoms with Gasteiger partial charge in [-0.15, -0.1) is 0 Å². The lowest BCUT2D eigenvalue weighted by Gasteiger charge is -2.16. The van der Waals surface area contributed by atoms with Gasteiger partial charge in [-0.3, -0.25) is 9.71 Å². The molecule has 0 unspecified atom stereocenters. The Morgan fingerprint density at radius 2 is 2.06 bits per heavy atom. The Labute approximate surface area is 100 Å². The van der Waals surface area contributed by atoms with E-state index in [1.807, 2.05) is 0 Å². The molecule has 1 saturated carbocycles. The SMILES string of the molecule is CC(C)(O)c1cncc(NS(=O)(=O)C2CC2)n1. The third-order valence-corrected chi connectivity index (χ3v) is 4.31. The topological polar surface area (TPSA) is 92.2 Å². The Balaban J connectivity index is 2.22. The molecule has 1 fully saturated rings. The summed E-state index contributed by atoms with van der Waals surface area (Å²) in [6.45, 7) is 3.13. The van der Waals surface area contributed by atoms with Gasteiger partial charge >= 0.3 is 0 Å². The van der Waals surface area contributed by atoms with Gasteiger partial charge in [0, 0.05) is 0 Å². The molecule has 0 aliphatic heterocycles. The van der Waals surface area contributed by atoms with Crippen LogP contribution in [0.3, 0.4) is 0 Å². The average molecular weight is 257 g/mol. The van der Waals surface area contributed by atoms with Crippen LogP contribution in [0.2, 0.25) is 0 Å². The summed E-state index contributed by atoms with van der Waals surface area (Å²) >= 11 is 0. The Morgan fingerprint density at radius 3 is 2.59 bits per heavy atom. The van der Waals surface area contributed by atoms with Crippen LogP contribution in [0.4, 0.5) is 5.82 Å². The van der Waals surface area contributed by atoms with Crippen molar-refractivity contribution in [3.63, 3.8) is 0 Å². The van der Waals surface area contributed by atoms with Crippen molar-refractivity contribution in [3.05, 3.63) is 18.1 Å². The summed E-state index contributed by atoms with van der Waals surface area (Å²) < 4.78 is 25.7. The zero-order valence-corrected chi connectivity index (χ0v) is 10.5. The maximum atomic E-state index is 11.7. The van der Waals surface area contributed by atoms with Crippen molar-refractivity contribution >= 4 is 15.8 Å². The van der Waals surface area contributed by atoms with E-state index in [2.05, 4.69) is 14.7 Å². The van der Waals surface area contributed by atoms with Crippen molar-refractivity contribution in [2.45, 2.75) is 37.5 Å². The van der Waals surface area contributed by atoms with E-state index in [0.717, 1.165) is 0 Å². The molecule has 0 atom stereocenters. The number of nitrogens with zero attached hydrogens (tertiary/aromatic N) is 2. The molecule has 2 N–H and O–H groups in total. The molecule has 1 aromatic rings. The molecule has 94 valence electrons. The Bertz CT molecular complexity index is 518. The summed E-state index contributed by atoms with van der Waals surface area (Å²) in [5, 5.41) is 9.44. The van der Waals surface area contributed by atoms with Crippen molar-refractivity contribution in [2.75, 3.05) is 4.72 Å². The van der Waals surface area contributed by atoms with Gasteiger partial charge in [0.1, 0.15) is 5.60 Å². The minimum Gasteiger partial charge on any atom is -0.384 e. The second-order valence-corrected chi connectivity index (χ2v) is 6.66. The van der Waals surface area contributed by atoms with E-state index in [1.165, 1.54) is 12.4 Å². The highest BCUT2D eigenvalue weighted by Crippen LogP contribution is 2.29. The first-order valence-corrected chi connectivity index (χ1v) is 6.90. The monoisotopic (exact) mass is 257 g/mol. The molecule has 2 rings (SSSR count). The van der Waals surface area contributed by atoms with Crippen LogP contribution >= 0.6 is 0 Å². The van der Waals surface area contributed by atoms with Gasteiger partial charge in [-0.25, -0.2) is 13.4 Å². The molecule has 1 heterocycles. The molecular weight excluding hydrogens is 242 g/mol. The molecule has 0 aromatic carbocycles. The van der Waals surface area contributed by atoms with Gasteiger partial charge < -0.3 is 5.11 Å². The number of aromatic nitrogens is 2. The Morgan fingerprint density at radius 1 is 1.41 bits per heavy atom. The van der Waals surface area contributed by atoms with Crippen LogP contribution in [0.25, 0.3) is 0 Å². The summed E-state index contributed by atoms with van der Waals surface area (Å²) in [6.07, 6.45) is 4.12. The molecule has 1 aliphatic rings. The lowest BCUT2D eigenvalue weighted by Crippen LogP contribution is -2.22. The maximum absolute atomic E-state index is 11.7. The van der Waals surface area contributed by atoms with Crippen molar-refractivity contribution < 1.29 is 13.5 Å². The third-order valence-electron chi connectivity index (χ3n) is 2.47. The lowest BCUT2D eigenvalue weighted by molar-refractivity contribution is 0.0736. The molecule has 17 heavy (non-hydrogen) atoms. The summed E-state index contributed by atoms with van der Waals surface area (Å²) in [6, 6.07) is 0. The molecule has 0 spiro atoms. The maximum Gasteiger partial charge on any atom is 0.236 e. The summed E-state index contributed by atoms with van der Waals surface area (Å²) in [5.41, 5.74) is -0.817. The normalized spacial score (nSPS) is 16.9. The highest BCUT2D eigenvalue weighted by Gasteiger charge is 2.36. The highest BCUT2D eigenvalue weighted by molar-refractivity contribution is 7.93. The minimum atomic E-state index is -3.34. The first-order chi connectivity index (χ1) is 7.79. The summed E-state index contributed by atoms with van der Waals surface area (Å²) in [5.74, 6) is 0.150. The van der Waals surface area contributed by atoms with Gasteiger partial charge in [0.15, 0.2) is 5.82 Å². The molecule has 0 saturated heterocycles. The quantitative estimate of drug-likeness (QED) is 0.824. The van der Waals surface area contributed by atoms with Gasteiger partial charge in [-0.05, 0) is 26.7 Å². The summed E-state index contributed by atoms with van der Waals surface area (Å²) in [7, 11) is -3.34. The lowest BCUT2D eigenvalue weighted by atomic mass is 10.1. The average Bonchev–Trinajstić information content (AvgIpc) is 2.99. The van der Waals surface area contributed by atoms with Crippen LogP contribution in [-0.2, 0) is 15.6 Å². The van der Waals surface area contributed by atoms with Crippen LogP contribution < -0.4 is 4.72 Å². The van der Waals surface area contributed by atoms with Crippen LogP contribution in [0.5, 0.6) is 0 Å². The smallest absolute Gasteiger partial charge is 0.236 e. The first-order valence-electron chi connectivity index (χ1n) is 5.35. The van der Waals surface area contributed by atoms with Crippen LogP contribution in [0, 0.1) is 0 Å². The van der Waals surface area contributed by atoms with E-state index in [1.54, 1.807) is 13.8 Å². The Hall–Kier alpha value is -1.21. The first kappa shape index (κ1) is 12.3. The van der Waals surface area contributed by atoms with E-state index in [4.69, 9.17) is 0 Å². The Kier molecular flexibility index (Phi) is 2.82. The third kappa shape index (κ3) is 2.92. The van der Waals surface area contributed by atoms with Crippen molar-refractivity contribution in [1.29, 1.82) is 0 Å². The molecule has 1 aromatic heterocycles. The van der Waals surface area contributed by atoms with Crippen LogP contribution in [0.15, 0.2) is 12.4 Å². The largest absolute Gasteiger partial charge is 0.384 e. The standard InChI is InChI=1S/C10H15N3O3S/c1-10(2,14)8-5-11-6-9(12-8)13-17(15,16)7-3-4-7/h5-7,14H,3-4H2,1-2H3,(H,12,13). The number of aliphatic hydroxyl groups is 1. The fourth-order valence-electron chi connectivity index (χ4n) is 1.32. The van der Waals surface area contributed by atoms with E-state index in [-0.39, 0.29) is 11.1 Å². The summed E-state index contributed by atoms with van der Waals surface area (Å²) in [4.78, 5) is 7.90. The number of rotatable bonds is 4. The molecule has 6 nitrogen and oxygen atoms in total. The molecular formula is C10H15N3O3S. The highest BCUT2D eigenvalue weighted by atomic mass is 32.2. The van der Waals surface area contributed by atoms with Gasteiger partial charge in [0.25, 0.3) is 0 Å².